The van der Waals surface area contributed by atoms with Crippen LogP contribution in [-0.2, 0) is 17.8 Å². The van der Waals surface area contributed by atoms with Gasteiger partial charge in [0.2, 0.25) is 5.91 Å². The summed E-state index contributed by atoms with van der Waals surface area (Å²) in [5.74, 6) is -0.353. The molecule has 1 aromatic heterocycles. The normalized spacial score (nSPS) is 10.3. The molecule has 1 heterocycles. The van der Waals surface area contributed by atoms with E-state index in [4.69, 9.17) is 0 Å². The summed E-state index contributed by atoms with van der Waals surface area (Å²) >= 11 is 4.96. The lowest BCUT2D eigenvalue weighted by Gasteiger charge is -2.03. The molecule has 94 valence electrons. The van der Waals surface area contributed by atoms with E-state index >= 15 is 0 Å². The number of carbonyl (C=O) groups is 1. The van der Waals surface area contributed by atoms with Crippen LogP contribution in [0, 0.1) is 5.82 Å². The molecule has 0 radical (unpaired) electrons. The molecule has 0 spiro atoms. The minimum Gasteiger partial charge on any atom is -0.351 e. The number of carbonyl (C=O) groups excluding carboxylic acids is 1. The van der Waals surface area contributed by atoms with Crippen LogP contribution in [0.15, 0.2) is 40.2 Å². The van der Waals surface area contributed by atoms with Crippen LogP contribution in [0.1, 0.15) is 10.4 Å². The molecule has 5 heteroatoms. The van der Waals surface area contributed by atoms with Crippen molar-refractivity contribution < 1.29 is 9.18 Å². The van der Waals surface area contributed by atoms with Crippen molar-refractivity contribution in [2.75, 3.05) is 0 Å². The summed E-state index contributed by atoms with van der Waals surface area (Å²) in [5.41, 5.74) is 0.807. The molecule has 18 heavy (non-hydrogen) atoms. The van der Waals surface area contributed by atoms with Gasteiger partial charge in [-0.3, -0.25) is 4.79 Å². The molecule has 2 aromatic rings. The van der Waals surface area contributed by atoms with Crippen molar-refractivity contribution in [1.82, 2.24) is 5.32 Å². The van der Waals surface area contributed by atoms with Crippen molar-refractivity contribution in [2.45, 2.75) is 13.0 Å². The molecule has 0 aliphatic carbocycles. The molecular formula is C13H11BrFNOS. The van der Waals surface area contributed by atoms with Gasteiger partial charge in [-0.25, -0.2) is 4.39 Å². The third kappa shape index (κ3) is 3.92. The topological polar surface area (TPSA) is 29.1 Å². The summed E-state index contributed by atoms with van der Waals surface area (Å²) in [4.78, 5) is 12.8. The van der Waals surface area contributed by atoms with Crippen molar-refractivity contribution in [3.05, 3.63) is 56.4 Å². The summed E-state index contributed by atoms with van der Waals surface area (Å²) in [6, 6.07) is 9.88. The quantitative estimate of drug-likeness (QED) is 0.914. The maximum absolute atomic E-state index is 12.7. The fourth-order valence-electron chi connectivity index (χ4n) is 1.48. The summed E-state index contributed by atoms with van der Waals surface area (Å²) in [7, 11) is 0. The molecule has 2 nitrogen and oxygen atoms in total. The maximum atomic E-state index is 12.7. The van der Waals surface area contributed by atoms with E-state index in [-0.39, 0.29) is 18.1 Å². The number of benzene rings is 1. The van der Waals surface area contributed by atoms with E-state index in [0.29, 0.717) is 6.54 Å². The third-order valence-electron chi connectivity index (χ3n) is 2.37. The fraction of sp³-hybridized carbons (Fsp3) is 0.154. The van der Waals surface area contributed by atoms with E-state index < -0.39 is 0 Å². The second-order valence-electron chi connectivity index (χ2n) is 3.79. The molecule has 0 fully saturated rings. The first-order chi connectivity index (χ1) is 8.63. The van der Waals surface area contributed by atoms with Gasteiger partial charge in [-0.05, 0) is 45.8 Å². The third-order valence-corrected chi connectivity index (χ3v) is 3.99. The van der Waals surface area contributed by atoms with Gasteiger partial charge < -0.3 is 5.32 Å². The monoisotopic (exact) mass is 327 g/mol. The molecule has 0 saturated heterocycles. The van der Waals surface area contributed by atoms with Crippen LogP contribution < -0.4 is 5.32 Å². The van der Waals surface area contributed by atoms with Crippen LogP contribution in [0.2, 0.25) is 0 Å². The van der Waals surface area contributed by atoms with E-state index in [2.05, 4.69) is 21.2 Å². The number of hydrogen-bond donors (Lipinski definition) is 1. The Balaban J connectivity index is 1.83. The number of amides is 1. The predicted octanol–water partition coefficient (Wildman–Crippen LogP) is 3.51. The Kier molecular flexibility index (Phi) is 4.49. The molecule has 0 bridgehead atoms. The van der Waals surface area contributed by atoms with Gasteiger partial charge in [0.25, 0.3) is 0 Å². The number of rotatable bonds is 4. The highest BCUT2D eigenvalue weighted by Gasteiger charge is 2.04. The van der Waals surface area contributed by atoms with Gasteiger partial charge in [0.1, 0.15) is 5.82 Å². The first-order valence-corrected chi connectivity index (χ1v) is 7.00. The van der Waals surface area contributed by atoms with Gasteiger partial charge in [0, 0.05) is 4.88 Å². The number of halogens is 2. The Bertz CT molecular complexity index is 538. The van der Waals surface area contributed by atoms with Crippen LogP contribution in [0.4, 0.5) is 4.39 Å². The highest BCUT2D eigenvalue weighted by Crippen LogP contribution is 2.21. The molecule has 1 amide bonds. The molecule has 0 atom stereocenters. The molecule has 0 unspecified atom stereocenters. The van der Waals surface area contributed by atoms with Crippen LogP contribution in [0.25, 0.3) is 0 Å². The van der Waals surface area contributed by atoms with E-state index in [0.717, 1.165) is 14.2 Å². The first-order valence-electron chi connectivity index (χ1n) is 5.39. The minimum absolute atomic E-state index is 0.0638. The van der Waals surface area contributed by atoms with E-state index in [9.17, 15) is 9.18 Å². The second-order valence-corrected chi connectivity index (χ2v) is 6.33. The van der Waals surface area contributed by atoms with Crippen LogP contribution >= 0.6 is 27.3 Å². The lowest BCUT2D eigenvalue weighted by molar-refractivity contribution is -0.120. The van der Waals surface area contributed by atoms with Crippen LogP contribution in [0.5, 0.6) is 0 Å². The van der Waals surface area contributed by atoms with E-state index in [1.165, 1.54) is 12.1 Å². The Morgan fingerprint density at radius 2 is 1.94 bits per heavy atom. The van der Waals surface area contributed by atoms with Gasteiger partial charge in [-0.2, -0.15) is 0 Å². The number of thiophene rings is 1. The first kappa shape index (κ1) is 13.2. The van der Waals surface area contributed by atoms with Gasteiger partial charge in [-0.1, -0.05) is 12.1 Å². The Labute approximate surface area is 117 Å². The summed E-state index contributed by atoms with van der Waals surface area (Å²) in [6.07, 6.45) is 0.271. The summed E-state index contributed by atoms with van der Waals surface area (Å²) in [6.45, 7) is 0.524. The Morgan fingerprint density at radius 1 is 1.22 bits per heavy atom. The zero-order valence-electron chi connectivity index (χ0n) is 9.45. The lowest BCUT2D eigenvalue weighted by atomic mass is 10.1. The van der Waals surface area contributed by atoms with Gasteiger partial charge in [-0.15, -0.1) is 11.3 Å². The van der Waals surface area contributed by atoms with Crippen molar-refractivity contribution >= 4 is 33.2 Å². The molecule has 2 rings (SSSR count). The lowest BCUT2D eigenvalue weighted by Crippen LogP contribution is -2.24. The van der Waals surface area contributed by atoms with Crippen LogP contribution in [0.3, 0.4) is 0 Å². The second kappa shape index (κ2) is 6.11. The molecular weight excluding hydrogens is 317 g/mol. The predicted molar refractivity (Wildman–Crippen MR) is 74.0 cm³/mol. The molecule has 0 aliphatic heterocycles. The maximum Gasteiger partial charge on any atom is 0.224 e. The molecule has 1 N–H and O–H groups in total. The zero-order chi connectivity index (χ0) is 13.0. The summed E-state index contributed by atoms with van der Waals surface area (Å²) < 4.78 is 13.7. The average Bonchev–Trinajstić information content (AvgIpc) is 2.76. The highest BCUT2D eigenvalue weighted by atomic mass is 79.9. The number of hydrogen-bond acceptors (Lipinski definition) is 2. The van der Waals surface area contributed by atoms with Crippen molar-refractivity contribution in [2.24, 2.45) is 0 Å². The molecule has 0 saturated carbocycles. The van der Waals surface area contributed by atoms with Crippen LogP contribution in [-0.4, -0.2) is 5.91 Å². The SMILES string of the molecule is O=C(Cc1ccc(F)cc1)NCc1ccc(Br)s1. The van der Waals surface area contributed by atoms with E-state index in [1.54, 1.807) is 23.5 Å². The Hall–Kier alpha value is -1.20. The largest absolute Gasteiger partial charge is 0.351 e. The highest BCUT2D eigenvalue weighted by molar-refractivity contribution is 9.11. The standard InChI is InChI=1S/C13H11BrFNOS/c14-12-6-5-11(18-12)8-16-13(17)7-9-1-3-10(15)4-2-9/h1-6H,7-8H2,(H,16,17). The zero-order valence-corrected chi connectivity index (χ0v) is 11.9. The van der Waals surface area contributed by atoms with Crippen molar-refractivity contribution in [3.8, 4) is 0 Å². The average molecular weight is 328 g/mol. The van der Waals surface area contributed by atoms with Gasteiger partial charge in [0.05, 0.1) is 16.8 Å². The van der Waals surface area contributed by atoms with Gasteiger partial charge >= 0.3 is 0 Å². The fourth-order valence-corrected chi connectivity index (χ4v) is 2.91. The van der Waals surface area contributed by atoms with Crippen molar-refractivity contribution in [3.63, 3.8) is 0 Å². The Morgan fingerprint density at radius 3 is 2.56 bits per heavy atom. The molecule has 1 aromatic carbocycles. The molecule has 0 aliphatic rings. The van der Waals surface area contributed by atoms with Gasteiger partial charge in [0.15, 0.2) is 0 Å². The van der Waals surface area contributed by atoms with E-state index in [1.807, 2.05) is 12.1 Å². The minimum atomic E-state index is -0.289. The van der Waals surface area contributed by atoms with Crippen molar-refractivity contribution in [1.29, 1.82) is 0 Å². The smallest absolute Gasteiger partial charge is 0.224 e. The number of nitrogens with one attached hydrogen (secondary N) is 1. The summed E-state index contributed by atoms with van der Waals surface area (Å²) in [5, 5.41) is 2.83.